The molecular weight excluding hydrogens is 543 g/mol. The second-order valence-electron chi connectivity index (χ2n) is 11.8. The number of aromatic nitrogens is 3. The van der Waals surface area contributed by atoms with Crippen LogP contribution in [0.3, 0.4) is 0 Å². The molecule has 1 atom stereocenters. The summed E-state index contributed by atoms with van der Waals surface area (Å²) in [5.74, 6) is 2.01. The molecule has 1 saturated heterocycles. The van der Waals surface area contributed by atoms with E-state index in [0.29, 0.717) is 17.0 Å². The van der Waals surface area contributed by atoms with Crippen molar-refractivity contribution in [3.05, 3.63) is 94.1 Å². The summed E-state index contributed by atoms with van der Waals surface area (Å²) in [6.45, 7) is 8.48. The summed E-state index contributed by atoms with van der Waals surface area (Å²) in [5, 5.41) is 8.96. The van der Waals surface area contributed by atoms with Crippen molar-refractivity contribution in [2.45, 2.75) is 52.0 Å². The lowest BCUT2D eigenvalue weighted by Crippen LogP contribution is -2.40. The van der Waals surface area contributed by atoms with Crippen molar-refractivity contribution in [3.63, 3.8) is 0 Å². The summed E-state index contributed by atoms with van der Waals surface area (Å²) in [4.78, 5) is 14.6. The van der Waals surface area contributed by atoms with Gasteiger partial charge in [-0.3, -0.25) is 4.90 Å². The van der Waals surface area contributed by atoms with E-state index in [4.69, 9.17) is 24.7 Å². The summed E-state index contributed by atoms with van der Waals surface area (Å²) >= 11 is 0. The molecule has 8 nitrogen and oxygen atoms in total. The van der Waals surface area contributed by atoms with E-state index >= 15 is 0 Å². The summed E-state index contributed by atoms with van der Waals surface area (Å²) in [5.41, 5.74) is 7.24. The van der Waals surface area contributed by atoms with E-state index in [1.807, 2.05) is 18.2 Å². The molecule has 1 unspecified atom stereocenters. The maximum absolute atomic E-state index is 14.3. The largest absolute Gasteiger partial charge is 0.473 e. The molecular formula is C34H35FN6O2. The molecule has 4 aromatic rings. The van der Waals surface area contributed by atoms with E-state index < -0.39 is 5.82 Å². The molecule has 0 spiro atoms. The zero-order valence-electron chi connectivity index (χ0n) is 24.4. The lowest BCUT2D eigenvalue weighted by Gasteiger charge is -2.38. The van der Waals surface area contributed by atoms with E-state index in [0.717, 1.165) is 82.3 Å². The van der Waals surface area contributed by atoms with Crippen LogP contribution < -0.4 is 9.64 Å². The number of halogens is 1. The highest BCUT2D eigenvalue weighted by atomic mass is 19.1. The van der Waals surface area contributed by atoms with Crippen molar-refractivity contribution in [3.8, 4) is 11.9 Å². The fourth-order valence-corrected chi connectivity index (χ4v) is 6.27. The Morgan fingerprint density at radius 3 is 2.72 bits per heavy atom. The van der Waals surface area contributed by atoms with Crippen LogP contribution in [0, 0.1) is 24.1 Å². The van der Waals surface area contributed by atoms with Gasteiger partial charge in [-0.15, -0.1) is 0 Å². The molecule has 2 aromatic heterocycles. The number of fused-ring (bicyclic) bond motifs is 1. The Balaban J connectivity index is 1.01. The Kier molecular flexibility index (Phi) is 7.56. The highest BCUT2D eigenvalue weighted by Crippen LogP contribution is 2.31. The Morgan fingerprint density at radius 1 is 1.05 bits per heavy atom. The van der Waals surface area contributed by atoms with Gasteiger partial charge in [0.2, 0.25) is 5.88 Å². The number of ether oxygens (including phenoxy) is 2. The van der Waals surface area contributed by atoms with Gasteiger partial charge < -0.3 is 18.9 Å². The third kappa shape index (κ3) is 5.85. The molecule has 0 aliphatic carbocycles. The van der Waals surface area contributed by atoms with Crippen molar-refractivity contribution in [1.29, 1.82) is 5.26 Å². The van der Waals surface area contributed by atoms with Gasteiger partial charge in [0.25, 0.3) is 0 Å². The normalized spacial score (nSPS) is 18.8. The van der Waals surface area contributed by atoms with Crippen LogP contribution in [0.5, 0.6) is 5.88 Å². The first-order valence-corrected chi connectivity index (χ1v) is 15.1. The van der Waals surface area contributed by atoms with Crippen LogP contribution in [-0.2, 0) is 24.4 Å². The lowest BCUT2D eigenvalue weighted by atomic mass is 9.93. The predicted octanol–water partition coefficient (Wildman–Crippen LogP) is 5.53. The third-order valence-electron chi connectivity index (χ3n) is 8.83. The Morgan fingerprint density at radius 2 is 1.91 bits per heavy atom. The van der Waals surface area contributed by atoms with Crippen LogP contribution in [0.25, 0.3) is 11.0 Å². The van der Waals surface area contributed by atoms with Gasteiger partial charge in [-0.05, 0) is 67.7 Å². The first kappa shape index (κ1) is 27.6. The summed E-state index contributed by atoms with van der Waals surface area (Å²) in [7, 11) is 0. The number of imidazole rings is 1. The smallest absolute Gasteiger partial charge is 0.215 e. The van der Waals surface area contributed by atoms with Crippen LogP contribution in [0.2, 0.25) is 0 Å². The molecule has 43 heavy (non-hydrogen) atoms. The van der Waals surface area contributed by atoms with Crippen LogP contribution >= 0.6 is 0 Å². The standard InChI is InChI=1S/C34H35FN6O2/c1-23-5-8-30-31(15-23)41(20-28-11-14-42-28)33(37-30)21-39-12-9-26-19-40(13-10-25(26)18-39)32-3-2-4-34(38-32)43-22-27-7-6-24(17-36)16-29(27)35/h2-8,15-16,28H,9-14,18-22H2,1H3. The van der Waals surface area contributed by atoms with E-state index in [9.17, 15) is 4.39 Å². The van der Waals surface area contributed by atoms with Gasteiger partial charge in [0.1, 0.15) is 24.1 Å². The van der Waals surface area contributed by atoms with Gasteiger partial charge in [-0.1, -0.05) is 23.8 Å². The second-order valence-corrected chi connectivity index (χ2v) is 11.8. The number of nitriles is 1. The van der Waals surface area contributed by atoms with Crippen molar-refractivity contribution in [1.82, 2.24) is 19.4 Å². The Bertz CT molecular complexity index is 1740. The molecule has 5 heterocycles. The minimum atomic E-state index is -0.447. The number of hydrogen-bond acceptors (Lipinski definition) is 7. The molecule has 1 fully saturated rings. The van der Waals surface area contributed by atoms with Gasteiger partial charge in [0, 0.05) is 44.4 Å². The number of benzene rings is 2. The molecule has 3 aliphatic heterocycles. The van der Waals surface area contributed by atoms with Crippen LogP contribution in [-0.4, -0.2) is 58.3 Å². The molecule has 220 valence electrons. The molecule has 0 radical (unpaired) electrons. The van der Waals surface area contributed by atoms with Crippen molar-refractivity contribution in [2.24, 2.45) is 0 Å². The molecule has 0 N–H and O–H groups in total. The molecule has 0 saturated carbocycles. The molecule has 3 aliphatic rings. The van der Waals surface area contributed by atoms with Gasteiger partial charge in [0.05, 0.1) is 41.9 Å². The maximum atomic E-state index is 14.3. The number of aryl methyl sites for hydroxylation is 1. The fourth-order valence-electron chi connectivity index (χ4n) is 6.27. The first-order valence-electron chi connectivity index (χ1n) is 15.1. The lowest BCUT2D eigenvalue weighted by molar-refractivity contribution is -0.0592. The summed E-state index contributed by atoms with van der Waals surface area (Å²) in [6.07, 6.45) is 3.43. The van der Waals surface area contributed by atoms with Crippen LogP contribution in [0.1, 0.15) is 41.8 Å². The maximum Gasteiger partial charge on any atom is 0.215 e. The van der Waals surface area contributed by atoms with Crippen molar-refractivity contribution >= 4 is 16.9 Å². The van der Waals surface area contributed by atoms with Gasteiger partial charge in [-0.2, -0.15) is 10.2 Å². The monoisotopic (exact) mass is 578 g/mol. The average molecular weight is 579 g/mol. The molecule has 2 aromatic carbocycles. The van der Waals surface area contributed by atoms with Crippen molar-refractivity contribution in [2.75, 3.05) is 37.7 Å². The Hall–Kier alpha value is -4.26. The number of rotatable bonds is 8. The Labute approximate surface area is 251 Å². The highest BCUT2D eigenvalue weighted by molar-refractivity contribution is 5.77. The van der Waals surface area contributed by atoms with Gasteiger partial charge in [-0.25, -0.2) is 9.37 Å². The minimum absolute atomic E-state index is 0.0558. The summed E-state index contributed by atoms with van der Waals surface area (Å²) in [6, 6.07) is 18.6. The average Bonchev–Trinajstić information content (AvgIpc) is 3.33. The first-order chi connectivity index (χ1) is 21.0. The summed E-state index contributed by atoms with van der Waals surface area (Å²) < 4.78 is 28.3. The topological polar surface area (TPSA) is 79.4 Å². The van der Waals surface area contributed by atoms with Gasteiger partial charge in [0.15, 0.2) is 0 Å². The fraction of sp³-hybridized carbons (Fsp3) is 0.382. The zero-order valence-corrected chi connectivity index (χ0v) is 24.4. The number of nitrogens with zero attached hydrogens (tertiary/aromatic N) is 6. The van der Waals surface area contributed by atoms with E-state index in [1.165, 1.54) is 28.3 Å². The second kappa shape index (κ2) is 11.8. The SMILES string of the molecule is Cc1ccc2nc(CN3CCC4=C(CCN(c5cccc(OCc6ccc(C#N)cc6F)n5)C4)C3)n(CC3CCO3)c2c1. The predicted molar refractivity (Wildman–Crippen MR) is 162 cm³/mol. The van der Waals surface area contributed by atoms with E-state index in [2.05, 4.69) is 39.5 Å². The van der Waals surface area contributed by atoms with E-state index in [1.54, 1.807) is 18.2 Å². The van der Waals surface area contributed by atoms with Gasteiger partial charge >= 0.3 is 0 Å². The van der Waals surface area contributed by atoms with E-state index in [-0.39, 0.29) is 12.7 Å². The zero-order chi connectivity index (χ0) is 29.3. The number of pyridine rings is 1. The number of anilines is 1. The highest BCUT2D eigenvalue weighted by Gasteiger charge is 2.28. The minimum Gasteiger partial charge on any atom is -0.473 e. The molecule has 0 amide bonds. The third-order valence-corrected chi connectivity index (χ3v) is 8.83. The van der Waals surface area contributed by atoms with Crippen LogP contribution in [0.15, 0.2) is 65.7 Å². The molecule has 9 heteroatoms. The number of hydrogen-bond donors (Lipinski definition) is 0. The van der Waals surface area contributed by atoms with Crippen molar-refractivity contribution < 1.29 is 13.9 Å². The molecule has 7 rings (SSSR count). The van der Waals surface area contributed by atoms with Crippen LogP contribution in [0.4, 0.5) is 10.2 Å². The quantitative estimate of drug-likeness (QED) is 0.254. The molecule has 0 bridgehead atoms.